The molecule has 0 atom stereocenters. The van der Waals surface area contributed by atoms with Gasteiger partial charge in [-0.1, -0.05) is 13.8 Å². The van der Waals surface area contributed by atoms with Crippen LogP contribution >= 0.6 is 11.6 Å². The fraction of sp³-hybridized carbons (Fsp3) is 0.700. The largest absolute Gasteiger partial charge is 0.368 e. The first kappa shape index (κ1) is 11.4. The second-order valence-corrected chi connectivity index (χ2v) is 4.88. The quantitative estimate of drug-likeness (QED) is 0.870. The Kier molecular flexibility index (Phi) is 3.14. The Labute approximate surface area is 100 Å². The van der Waals surface area contributed by atoms with Crippen molar-refractivity contribution in [2.45, 2.75) is 32.7 Å². The molecule has 0 unspecified atom stereocenters. The average molecular weight is 242 g/mol. The Morgan fingerprint density at radius 3 is 2.56 bits per heavy atom. The second kappa shape index (κ2) is 4.41. The fourth-order valence-electron chi connectivity index (χ4n) is 1.66. The van der Waals surface area contributed by atoms with Crippen LogP contribution in [0, 0.1) is 5.92 Å². The molecule has 0 bridgehead atoms. The van der Waals surface area contributed by atoms with Crippen molar-refractivity contribution >= 4 is 23.5 Å². The SMILES string of the molecule is CC(C)CN(c1nc(N)nc(Cl)n1)C1CC1. The van der Waals surface area contributed by atoms with Gasteiger partial charge in [0.25, 0.3) is 0 Å². The van der Waals surface area contributed by atoms with Gasteiger partial charge < -0.3 is 10.6 Å². The Balaban J connectivity index is 2.23. The topological polar surface area (TPSA) is 67.9 Å². The van der Waals surface area contributed by atoms with Crippen LogP contribution in [-0.2, 0) is 0 Å². The number of hydrogen-bond acceptors (Lipinski definition) is 5. The molecule has 0 spiro atoms. The van der Waals surface area contributed by atoms with Gasteiger partial charge >= 0.3 is 0 Å². The van der Waals surface area contributed by atoms with E-state index in [-0.39, 0.29) is 11.2 Å². The zero-order chi connectivity index (χ0) is 11.7. The molecular formula is C10H16ClN5. The molecule has 0 radical (unpaired) electrons. The second-order valence-electron chi connectivity index (χ2n) is 4.54. The summed E-state index contributed by atoms with van der Waals surface area (Å²) < 4.78 is 0. The predicted octanol–water partition coefficient (Wildman–Crippen LogP) is 1.73. The molecule has 0 amide bonds. The van der Waals surface area contributed by atoms with E-state index in [1.54, 1.807) is 0 Å². The summed E-state index contributed by atoms with van der Waals surface area (Å²) in [5.74, 6) is 1.34. The van der Waals surface area contributed by atoms with E-state index in [2.05, 4.69) is 33.7 Å². The van der Waals surface area contributed by atoms with Crippen LogP contribution in [0.15, 0.2) is 0 Å². The van der Waals surface area contributed by atoms with Crippen molar-refractivity contribution in [3.63, 3.8) is 0 Å². The molecule has 1 aromatic heterocycles. The van der Waals surface area contributed by atoms with Gasteiger partial charge in [0.1, 0.15) is 0 Å². The Morgan fingerprint density at radius 2 is 2.06 bits per heavy atom. The zero-order valence-electron chi connectivity index (χ0n) is 9.52. The van der Waals surface area contributed by atoms with Crippen LogP contribution in [-0.4, -0.2) is 27.5 Å². The molecule has 1 aliphatic carbocycles. The minimum atomic E-state index is 0.164. The molecule has 1 fully saturated rings. The number of nitrogens with two attached hydrogens (primary N) is 1. The number of rotatable bonds is 4. The third-order valence-electron chi connectivity index (χ3n) is 2.42. The highest BCUT2D eigenvalue weighted by Gasteiger charge is 2.31. The van der Waals surface area contributed by atoms with E-state index >= 15 is 0 Å². The molecule has 2 rings (SSSR count). The third-order valence-corrected chi connectivity index (χ3v) is 2.59. The molecule has 1 aromatic rings. The number of anilines is 2. The number of nitrogen functional groups attached to an aromatic ring is 1. The molecule has 16 heavy (non-hydrogen) atoms. The molecule has 1 heterocycles. The van der Waals surface area contributed by atoms with E-state index in [0.29, 0.717) is 17.9 Å². The molecule has 0 aromatic carbocycles. The molecule has 1 saturated carbocycles. The maximum atomic E-state index is 5.79. The lowest BCUT2D eigenvalue weighted by Crippen LogP contribution is -2.31. The van der Waals surface area contributed by atoms with Crippen LogP contribution in [0.5, 0.6) is 0 Å². The number of hydrogen-bond donors (Lipinski definition) is 1. The van der Waals surface area contributed by atoms with Gasteiger partial charge in [0, 0.05) is 12.6 Å². The molecule has 88 valence electrons. The van der Waals surface area contributed by atoms with Gasteiger partial charge in [0.2, 0.25) is 17.2 Å². The standard InChI is InChI=1S/C10H16ClN5/c1-6(2)5-16(7-3-4-7)10-14-8(11)13-9(12)15-10/h6-7H,3-5H2,1-2H3,(H2,12,13,14,15). The lowest BCUT2D eigenvalue weighted by molar-refractivity contribution is 0.596. The van der Waals surface area contributed by atoms with E-state index in [0.717, 1.165) is 6.54 Å². The average Bonchev–Trinajstić information content (AvgIpc) is 2.95. The number of aromatic nitrogens is 3. The van der Waals surface area contributed by atoms with Gasteiger partial charge in [-0.3, -0.25) is 0 Å². The summed E-state index contributed by atoms with van der Waals surface area (Å²) in [7, 11) is 0. The van der Waals surface area contributed by atoms with Gasteiger partial charge in [0.15, 0.2) is 0 Å². The summed E-state index contributed by atoms with van der Waals surface area (Å²) in [6, 6.07) is 0.542. The number of nitrogens with zero attached hydrogens (tertiary/aromatic N) is 4. The summed E-state index contributed by atoms with van der Waals surface area (Å²) in [5.41, 5.74) is 5.58. The van der Waals surface area contributed by atoms with Crippen LogP contribution in [0.4, 0.5) is 11.9 Å². The summed E-state index contributed by atoms with van der Waals surface area (Å²) in [6.45, 7) is 5.26. The van der Waals surface area contributed by atoms with Crippen molar-refractivity contribution in [2.24, 2.45) is 5.92 Å². The molecule has 0 saturated heterocycles. The van der Waals surface area contributed by atoms with Gasteiger partial charge in [-0.15, -0.1) is 0 Å². The van der Waals surface area contributed by atoms with Crippen molar-refractivity contribution < 1.29 is 0 Å². The molecular weight excluding hydrogens is 226 g/mol. The summed E-state index contributed by atoms with van der Waals surface area (Å²) >= 11 is 5.79. The van der Waals surface area contributed by atoms with Crippen LogP contribution in [0.1, 0.15) is 26.7 Å². The normalized spacial score (nSPS) is 15.5. The van der Waals surface area contributed by atoms with E-state index in [9.17, 15) is 0 Å². The minimum absolute atomic E-state index is 0.164. The van der Waals surface area contributed by atoms with Crippen molar-refractivity contribution in [2.75, 3.05) is 17.2 Å². The van der Waals surface area contributed by atoms with Crippen molar-refractivity contribution in [1.82, 2.24) is 15.0 Å². The van der Waals surface area contributed by atoms with Gasteiger partial charge in [-0.25, -0.2) is 0 Å². The lowest BCUT2D eigenvalue weighted by atomic mass is 10.2. The van der Waals surface area contributed by atoms with Crippen molar-refractivity contribution in [3.05, 3.63) is 5.28 Å². The van der Waals surface area contributed by atoms with Gasteiger partial charge in [-0.05, 0) is 30.4 Å². The minimum Gasteiger partial charge on any atom is -0.368 e. The summed E-state index contributed by atoms with van der Waals surface area (Å²) in [5, 5.41) is 0.164. The smallest absolute Gasteiger partial charge is 0.231 e. The summed E-state index contributed by atoms with van der Waals surface area (Å²) in [4.78, 5) is 14.2. The van der Waals surface area contributed by atoms with Crippen LogP contribution < -0.4 is 10.6 Å². The first-order valence-corrected chi connectivity index (χ1v) is 5.87. The van der Waals surface area contributed by atoms with E-state index in [4.69, 9.17) is 17.3 Å². The maximum absolute atomic E-state index is 5.79. The monoisotopic (exact) mass is 241 g/mol. The predicted molar refractivity (Wildman–Crippen MR) is 64.5 cm³/mol. The van der Waals surface area contributed by atoms with Crippen LogP contribution in [0.2, 0.25) is 5.28 Å². The van der Waals surface area contributed by atoms with Gasteiger partial charge in [0.05, 0.1) is 0 Å². The van der Waals surface area contributed by atoms with E-state index in [1.807, 2.05) is 0 Å². The zero-order valence-corrected chi connectivity index (χ0v) is 10.3. The van der Waals surface area contributed by atoms with Crippen molar-refractivity contribution in [1.29, 1.82) is 0 Å². The lowest BCUT2D eigenvalue weighted by Gasteiger charge is -2.24. The molecule has 2 N–H and O–H groups in total. The highest BCUT2D eigenvalue weighted by molar-refractivity contribution is 6.28. The molecule has 6 heteroatoms. The highest BCUT2D eigenvalue weighted by Crippen LogP contribution is 2.30. The third kappa shape index (κ3) is 2.72. The Hall–Kier alpha value is -1.10. The van der Waals surface area contributed by atoms with Crippen LogP contribution in [0.3, 0.4) is 0 Å². The van der Waals surface area contributed by atoms with Gasteiger partial charge in [-0.2, -0.15) is 15.0 Å². The van der Waals surface area contributed by atoms with Crippen LogP contribution in [0.25, 0.3) is 0 Å². The van der Waals surface area contributed by atoms with E-state index in [1.165, 1.54) is 12.8 Å². The molecule has 0 aliphatic heterocycles. The van der Waals surface area contributed by atoms with E-state index < -0.39 is 0 Å². The van der Waals surface area contributed by atoms with Crippen molar-refractivity contribution in [3.8, 4) is 0 Å². The first-order chi connectivity index (χ1) is 7.56. The highest BCUT2D eigenvalue weighted by atomic mass is 35.5. The number of halogens is 1. The fourth-order valence-corrected chi connectivity index (χ4v) is 1.82. The Bertz CT molecular complexity index is 357. The maximum Gasteiger partial charge on any atom is 0.231 e. The summed E-state index contributed by atoms with van der Waals surface area (Å²) in [6.07, 6.45) is 2.38. The molecule has 1 aliphatic rings. The molecule has 5 nitrogen and oxygen atoms in total. The first-order valence-electron chi connectivity index (χ1n) is 5.50. The Morgan fingerprint density at radius 1 is 1.38 bits per heavy atom.